The van der Waals surface area contributed by atoms with Gasteiger partial charge in [-0.3, -0.25) is 14.5 Å². The van der Waals surface area contributed by atoms with E-state index in [4.69, 9.17) is 12.2 Å². The number of carbonyl (C=O) groups excluding carboxylic acids is 2. The van der Waals surface area contributed by atoms with E-state index in [1.54, 1.807) is 9.80 Å². The lowest BCUT2D eigenvalue weighted by atomic mass is 10.1. The molecule has 1 saturated heterocycles. The maximum atomic E-state index is 13.0. The van der Waals surface area contributed by atoms with Gasteiger partial charge in [0.2, 0.25) is 0 Å². The van der Waals surface area contributed by atoms with Gasteiger partial charge in [-0.1, -0.05) is 46.8 Å². The number of benzene rings is 1. The average Bonchev–Trinajstić information content (AvgIpc) is 2.94. The highest BCUT2D eigenvalue weighted by Gasteiger charge is 2.42. The molecule has 0 saturated carbocycles. The number of thioether (sulfide) groups is 1. The van der Waals surface area contributed by atoms with Crippen LogP contribution in [0.1, 0.15) is 32.8 Å². The van der Waals surface area contributed by atoms with Gasteiger partial charge in [0.15, 0.2) is 0 Å². The molecule has 0 radical (unpaired) electrons. The van der Waals surface area contributed by atoms with E-state index in [-0.39, 0.29) is 17.9 Å². The first-order chi connectivity index (χ1) is 11.4. The summed E-state index contributed by atoms with van der Waals surface area (Å²) in [4.78, 5) is 29.6. The fourth-order valence-corrected chi connectivity index (χ4v) is 4.90. The number of nitrogens with zero attached hydrogens (tertiary/aromatic N) is 2. The van der Waals surface area contributed by atoms with Crippen LogP contribution in [0.2, 0.25) is 0 Å². The van der Waals surface area contributed by atoms with Crippen LogP contribution in [0.4, 0.5) is 5.69 Å². The van der Waals surface area contributed by atoms with Crippen LogP contribution in [-0.2, 0) is 9.59 Å². The fraction of sp³-hybridized carbons (Fsp3) is 0.353. The third-order valence-electron chi connectivity index (χ3n) is 3.97. The number of anilines is 1. The summed E-state index contributed by atoms with van der Waals surface area (Å²) in [5, 5.41) is 0. The third-order valence-corrected chi connectivity index (χ3v) is 5.86. The van der Waals surface area contributed by atoms with E-state index in [9.17, 15) is 9.59 Å². The van der Waals surface area contributed by atoms with Gasteiger partial charge in [0.1, 0.15) is 4.32 Å². The Hall–Kier alpha value is -1.18. The zero-order valence-electron chi connectivity index (χ0n) is 13.6. The molecule has 2 amide bonds. The first kappa shape index (κ1) is 17.6. The molecule has 0 N–H and O–H groups in total. The number of halogens is 1. The molecule has 2 heterocycles. The van der Waals surface area contributed by atoms with Crippen LogP contribution >= 0.6 is 39.9 Å². The van der Waals surface area contributed by atoms with Gasteiger partial charge in [-0.05, 0) is 38.5 Å². The second kappa shape index (κ2) is 6.61. The number of rotatable bonds is 3. The molecule has 0 aromatic heterocycles. The molecule has 1 fully saturated rings. The Bertz CT molecular complexity index is 789. The van der Waals surface area contributed by atoms with E-state index in [2.05, 4.69) is 15.9 Å². The van der Waals surface area contributed by atoms with Crippen molar-refractivity contribution < 1.29 is 9.59 Å². The molecule has 0 spiro atoms. The van der Waals surface area contributed by atoms with Gasteiger partial charge < -0.3 is 4.90 Å². The molecule has 0 bridgehead atoms. The monoisotopic (exact) mass is 424 g/mol. The lowest BCUT2D eigenvalue weighted by molar-refractivity contribution is -0.123. The van der Waals surface area contributed by atoms with Gasteiger partial charge in [-0.25, -0.2) is 0 Å². The predicted octanol–water partition coefficient (Wildman–Crippen LogP) is 4.19. The summed E-state index contributed by atoms with van der Waals surface area (Å²) in [5.41, 5.74) is 2.13. The predicted molar refractivity (Wildman–Crippen MR) is 106 cm³/mol. The van der Waals surface area contributed by atoms with Gasteiger partial charge >= 0.3 is 0 Å². The molecule has 2 aliphatic heterocycles. The van der Waals surface area contributed by atoms with Gasteiger partial charge in [0.25, 0.3) is 11.8 Å². The molecule has 7 heteroatoms. The largest absolute Gasteiger partial charge is 0.308 e. The fourth-order valence-electron chi connectivity index (χ4n) is 2.94. The maximum absolute atomic E-state index is 13.0. The van der Waals surface area contributed by atoms with Crippen LogP contribution < -0.4 is 4.90 Å². The minimum absolute atomic E-state index is 0.0270. The van der Waals surface area contributed by atoms with Crippen LogP contribution in [-0.4, -0.2) is 33.6 Å². The van der Waals surface area contributed by atoms with Crippen molar-refractivity contribution in [3.8, 4) is 0 Å². The Morgan fingerprint density at radius 1 is 1.25 bits per heavy atom. The zero-order valence-corrected chi connectivity index (χ0v) is 16.8. The molecule has 4 nitrogen and oxygen atoms in total. The second-order valence-electron chi connectivity index (χ2n) is 5.96. The summed E-state index contributed by atoms with van der Waals surface area (Å²) in [6.07, 6.45) is 0.849. The normalized spacial score (nSPS) is 20.6. The Morgan fingerprint density at radius 2 is 1.96 bits per heavy atom. The van der Waals surface area contributed by atoms with Crippen LogP contribution in [0.5, 0.6) is 0 Å². The van der Waals surface area contributed by atoms with Crippen molar-refractivity contribution in [2.45, 2.75) is 33.2 Å². The van der Waals surface area contributed by atoms with Crippen molar-refractivity contribution in [2.75, 3.05) is 11.4 Å². The SMILES string of the molecule is CCCN1C(=O)/C(=C2\SC(=S)N(C(C)C)C2=O)c2cc(Br)ccc21. The molecule has 0 aliphatic carbocycles. The summed E-state index contributed by atoms with van der Waals surface area (Å²) >= 11 is 10.0. The van der Waals surface area contributed by atoms with Gasteiger partial charge in [-0.2, -0.15) is 0 Å². The van der Waals surface area contributed by atoms with E-state index < -0.39 is 0 Å². The molecule has 2 aliphatic rings. The smallest absolute Gasteiger partial charge is 0.267 e. The van der Waals surface area contributed by atoms with Crippen molar-refractivity contribution in [1.29, 1.82) is 0 Å². The molecule has 3 rings (SSSR count). The summed E-state index contributed by atoms with van der Waals surface area (Å²) in [7, 11) is 0. The van der Waals surface area contributed by atoms with Gasteiger partial charge in [-0.15, -0.1) is 0 Å². The number of fused-ring (bicyclic) bond motifs is 1. The van der Waals surface area contributed by atoms with Gasteiger partial charge in [0, 0.05) is 22.6 Å². The topological polar surface area (TPSA) is 40.6 Å². The third kappa shape index (κ3) is 2.72. The van der Waals surface area contributed by atoms with E-state index in [0.29, 0.717) is 21.3 Å². The van der Waals surface area contributed by atoms with E-state index >= 15 is 0 Å². The molecular formula is C17H17BrN2O2S2. The molecular weight excluding hydrogens is 408 g/mol. The number of carbonyl (C=O) groups is 2. The van der Waals surface area contributed by atoms with Crippen molar-refractivity contribution in [3.63, 3.8) is 0 Å². The summed E-state index contributed by atoms with van der Waals surface area (Å²) in [6, 6.07) is 5.71. The minimum atomic E-state index is -0.173. The second-order valence-corrected chi connectivity index (χ2v) is 8.52. The molecule has 1 aromatic carbocycles. The Morgan fingerprint density at radius 3 is 2.54 bits per heavy atom. The standard InChI is InChI=1S/C17H17BrN2O2S2/c1-4-7-19-12-6-5-10(18)8-11(12)13(15(19)21)14-16(22)20(9(2)3)17(23)24-14/h5-6,8-9H,4,7H2,1-3H3/b14-13-. The van der Waals surface area contributed by atoms with Crippen LogP contribution in [0, 0.1) is 0 Å². The molecule has 1 aromatic rings. The summed E-state index contributed by atoms with van der Waals surface area (Å²) in [5.74, 6) is -0.290. The number of thiocarbonyl (C=S) groups is 1. The van der Waals surface area contributed by atoms with Crippen molar-refractivity contribution >= 4 is 67.3 Å². The van der Waals surface area contributed by atoms with Crippen LogP contribution in [0.15, 0.2) is 27.6 Å². The zero-order chi connectivity index (χ0) is 17.6. The molecule has 0 atom stereocenters. The van der Waals surface area contributed by atoms with Crippen molar-refractivity contribution in [2.24, 2.45) is 0 Å². The maximum Gasteiger partial charge on any atom is 0.267 e. The quantitative estimate of drug-likeness (QED) is 0.538. The number of hydrogen-bond acceptors (Lipinski definition) is 4. The van der Waals surface area contributed by atoms with Gasteiger partial charge in [0.05, 0.1) is 16.2 Å². The number of amides is 2. The Kier molecular flexibility index (Phi) is 4.86. The summed E-state index contributed by atoms with van der Waals surface area (Å²) in [6.45, 7) is 6.50. The highest BCUT2D eigenvalue weighted by atomic mass is 79.9. The molecule has 24 heavy (non-hydrogen) atoms. The lowest BCUT2D eigenvalue weighted by Crippen LogP contribution is -2.35. The van der Waals surface area contributed by atoms with E-state index in [0.717, 1.165) is 22.1 Å². The van der Waals surface area contributed by atoms with Crippen molar-refractivity contribution in [3.05, 3.63) is 33.1 Å². The Labute approximate surface area is 159 Å². The summed E-state index contributed by atoms with van der Waals surface area (Å²) < 4.78 is 1.39. The van der Waals surface area contributed by atoms with Crippen LogP contribution in [0.3, 0.4) is 0 Å². The first-order valence-corrected chi connectivity index (χ1v) is 9.80. The number of hydrogen-bond donors (Lipinski definition) is 0. The highest BCUT2D eigenvalue weighted by Crippen LogP contribution is 2.45. The van der Waals surface area contributed by atoms with E-state index in [1.807, 2.05) is 39.0 Å². The first-order valence-electron chi connectivity index (χ1n) is 7.78. The van der Waals surface area contributed by atoms with Crippen LogP contribution in [0.25, 0.3) is 5.57 Å². The molecule has 126 valence electrons. The highest BCUT2D eigenvalue weighted by molar-refractivity contribution is 9.10. The minimum Gasteiger partial charge on any atom is -0.308 e. The molecule has 0 unspecified atom stereocenters. The average molecular weight is 425 g/mol. The van der Waals surface area contributed by atoms with Crippen molar-refractivity contribution in [1.82, 2.24) is 4.90 Å². The lowest BCUT2D eigenvalue weighted by Gasteiger charge is -2.18. The Balaban J connectivity index is 2.18. The van der Waals surface area contributed by atoms with E-state index in [1.165, 1.54) is 11.8 Å².